The summed E-state index contributed by atoms with van der Waals surface area (Å²) in [5.74, 6) is -0.820. The van der Waals surface area contributed by atoms with Crippen LogP contribution in [0.2, 0.25) is 0 Å². The van der Waals surface area contributed by atoms with Crippen LogP contribution in [-0.4, -0.2) is 71.4 Å². The molecule has 2 aliphatic rings. The van der Waals surface area contributed by atoms with Crippen molar-refractivity contribution in [2.45, 2.75) is 78.2 Å². The zero-order chi connectivity index (χ0) is 24.1. The lowest BCUT2D eigenvalue weighted by Crippen LogP contribution is -2.56. The van der Waals surface area contributed by atoms with Crippen molar-refractivity contribution in [1.82, 2.24) is 9.80 Å². The van der Waals surface area contributed by atoms with Crippen LogP contribution < -0.4 is 5.46 Å². The number of benzene rings is 1. The van der Waals surface area contributed by atoms with Gasteiger partial charge in [0.15, 0.2) is 0 Å². The molecule has 2 fully saturated rings. The van der Waals surface area contributed by atoms with Crippen LogP contribution in [0.25, 0.3) is 0 Å². The van der Waals surface area contributed by atoms with Gasteiger partial charge in [0.2, 0.25) is 0 Å². The highest BCUT2D eigenvalue weighted by atomic mass is 19.1. The van der Waals surface area contributed by atoms with E-state index in [1.165, 1.54) is 12.1 Å². The summed E-state index contributed by atoms with van der Waals surface area (Å²) in [5, 5.41) is 0. The van der Waals surface area contributed by atoms with E-state index >= 15 is 0 Å². The Morgan fingerprint density at radius 3 is 2.22 bits per heavy atom. The molecule has 3 rings (SSSR count). The molecule has 0 N–H and O–H groups in total. The van der Waals surface area contributed by atoms with Crippen LogP contribution in [0.5, 0.6) is 0 Å². The van der Waals surface area contributed by atoms with Crippen molar-refractivity contribution in [3.05, 3.63) is 29.6 Å². The van der Waals surface area contributed by atoms with E-state index in [1.807, 2.05) is 55.4 Å². The maximum absolute atomic E-state index is 14.4. The van der Waals surface area contributed by atoms with Crippen molar-refractivity contribution in [3.63, 3.8) is 0 Å². The van der Waals surface area contributed by atoms with Gasteiger partial charge in [0.05, 0.1) is 11.2 Å². The molecule has 2 saturated heterocycles. The number of halogens is 1. The average Bonchev–Trinajstić information content (AvgIpc) is 2.86. The quantitative estimate of drug-likeness (QED) is 0.651. The Labute approximate surface area is 190 Å². The van der Waals surface area contributed by atoms with E-state index in [0.29, 0.717) is 25.1 Å². The predicted molar refractivity (Wildman–Crippen MR) is 120 cm³/mol. The molecule has 2 heterocycles. The Morgan fingerprint density at radius 2 is 1.69 bits per heavy atom. The molecule has 1 aromatic rings. The second-order valence-corrected chi connectivity index (χ2v) is 10.6. The number of piperazine rings is 1. The summed E-state index contributed by atoms with van der Waals surface area (Å²) in [4.78, 5) is 28.9. The molecule has 0 aromatic heterocycles. The van der Waals surface area contributed by atoms with E-state index in [4.69, 9.17) is 14.0 Å². The summed E-state index contributed by atoms with van der Waals surface area (Å²) < 4.78 is 31.9. The number of amides is 2. The van der Waals surface area contributed by atoms with Crippen LogP contribution in [0, 0.1) is 5.82 Å². The number of rotatable bonds is 2. The molecular formula is C23H34BFN2O5. The SMILES string of the molecule is C[C@@H]1CN(C(=O)c2cc(F)cc(B3OC(C)(C)C(C)(C)O3)c2)CCN1C(=O)OC(C)(C)C. The number of nitrogens with zero attached hydrogens (tertiary/aromatic N) is 2. The van der Waals surface area contributed by atoms with Gasteiger partial charge in [0.25, 0.3) is 5.91 Å². The van der Waals surface area contributed by atoms with Crippen molar-refractivity contribution < 1.29 is 28.0 Å². The van der Waals surface area contributed by atoms with Crippen LogP contribution in [-0.2, 0) is 14.0 Å². The predicted octanol–water partition coefficient (Wildman–Crippen LogP) is 3.21. The number of carbonyl (C=O) groups is 2. The Hall–Kier alpha value is -2.13. The molecule has 9 heteroatoms. The van der Waals surface area contributed by atoms with Crippen LogP contribution in [0.3, 0.4) is 0 Å². The lowest BCUT2D eigenvalue weighted by molar-refractivity contribution is 0.00198. The highest BCUT2D eigenvalue weighted by Gasteiger charge is 2.52. The first-order chi connectivity index (χ1) is 14.6. The number of ether oxygens (including phenoxy) is 1. The van der Waals surface area contributed by atoms with E-state index in [0.717, 1.165) is 0 Å². The molecule has 176 valence electrons. The average molecular weight is 448 g/mol. The summed E-state index contributed by atoms with van der Waals surface area (Å²) in [6.07, 6.45) is -0.397. The lowest BCUT2D eigenvalue weighted by Gasteiger charge is -2.40. The van der Waals surface area contributed by atoms with Gasteiger partial charge in [0.1, 0.15) is 11.4 Å². The van der Waals surface area contributed by atoms with Crippen LogP contribution in [0.1, 0.15) is 65.7 Å². The van der Waals surface area contributed by atoms with Crippen molar-refractivity contribution >= 4 is 24.6 Å². The third kappa shape index (κ3) is 5.09. The Balaban J connectivity index is 1.73. The van der Waals surface area contributed by atoms with Gasteiger partial charge in [-0.3, -0.25) is 4.79 Å². The van der Waals surface area contributed by atoms with Gasteiger partial charge in [-0.2, -0.15) is 0 Å². The van der Waals surface area contributed by atoms with E-state index < -0.39 is 35.8 Å². The molecule has 0 aliphatic carbocycles. The Bertz CT molecular complexity index is 883. The molecule has 0 spiro atoms. The summed E-state index contributed by atoms with van der Waals surface area (Å²) in [5.41, 5.74) is -1.03. The minimum absolute atomic E-state index is 0.223. The molecule has 2 aliphatic heterocycles. The normalized spacial score (nSPS) is 22.8. The Morgan fingerprint density at radius 1 is 1.09 bits per heavy atom. The molecule has 0 saturated carbocycles. The van der Waals surface area contributed by atoms with Gasteiger partial charge < -0.3 is 23.8 Å². The molecule has 2 amide bonds. The second-order valence-electron chi connectivity index (χ2n) is 10.6. The van der Waals surface area contributed by atoms with E-state index in [9.17, 15) is 14.0 Å². The molecule has 7 nitrogen and oxygen atoms in total. The zero-order valence-corrected chi connectivity index (χ0v) is 20.3. The third-order valence-corrected chi connectivity index (χ3v) is 6.24. The number of hydrogen-bond acceptors (Lipinski definition) is 5. The van der Waals surface area contributed by atoms with Crippen molar-refractivity contribution in [1.29, 1.82) is 0 Å². The summed E-state index contributed by atoms with van der Waals surface area (Å²) >= 11 is 0. The zero-order valence-electron chi connectivity index (χ0n) is 20.3. The van der Waals surface area contributed by atoms with Crippen molar-refractivity contribution in [2.75, 3.05) is 19.6 Å². The summed E-state index contributed by atoms with van der Waals surface area (Å²) in [6, 6.07) is 3.96. The lowest BCUT2D eigenvalue weighted by atomic mass is 9.78. The summed E-state index contributed by atoms with van der Waals surface area (Å²) in [7, 11) is -0.759. The molecule has 1 atom stereocenters. The number of carbonyl (C=O) groups excluding carboxylic acids is 2. The van der Waals surface area contributed by atoms with E-state index in [1.54, 1.807) is 15.9 Å². The maximum atomic E-state index is 14.4. The van der Waals surface area contributed by atoms with Crippen LogP contribution in [0.15, 0.2) is 18.2 Å². The van der Waals surface area contributed by atoms with Crippen LogP contribution in [0.4, 0.5) is 9.18 Å². The van der Waals surface area contributed by atoms with E-state index in [-0.39, 0.29) is 17.5 Å². The minimum atomic E-state index is -0.759. The van der Waals surface area contributed by atoms with Gasteiger partial charge in [-0.25, -0.2) is 9.18 Å². The third-order valence-electron chi connectivity index (χ3n) is 6.24. The van der Waals surface area contributed by atoms with E-state index in [2.05, 4.69) is 0 Å². The maximum Gasteiger partial charge on any atom is 0.494 e. The fraction of sp³-hybridized carbons (Fsp3) is 0.652. The smallest absolute Gasteiger partial charge is 0.444 e. The standard InChI is InChI=1S/C23H34BFN2O5/c1-15-14-26(9-10-27(15)20(29)30-21(2,3)4)19(28)16-11-17(13-18(25)12-16)24-31-22(5,6)23(7,8)32-24/h11-13,15H,9-10,14H2,1-8H3/t15-/m1/s1. The van der Waals surface area contributed by atoms with Gasteiger partial charge >= 0.3 is 13.2 Å². The highest BCUT2D eigenvalue weighted by molar-refractivity contribution is 6.62. The fourth-order valence-electron chi connectivity index (χ4n) is 3.77. The fourth-order valence-corrected chi connectivity index (χ4v) is 3.77. The molecule has 0 radical (unpaired) electrons. The van der Waals surface area contributed by atoms with Crippen LogP contribution >= 0.6 is 0 Å². The largest absolute Gasteiger partial charge is 0.494 e. The second kappa shape index (κ2) is 8.34. The Kier molecular flexibility index (Phi) is 6.39. The van der Waals surface area contributed by atoms with Gasteiger partial charge in [-0.15, -0.1) is 0 Å². The number of hydrogen-bond donors (Lipinski definition) is 0. The minimum Gasteiger partial charge on any atom is -0.444 e. The molecule has 0 bridgehead atoms. The monoisotopic (exact) mass is 448 g/mol. The van der Waals surface area contributed by atoms with Gasteiger partial charge in [0, 0.05) is 31.2 Å². The first-order valence-electron chi connectivity index (χ1n) is 11.0. The highest BCUT2D eigenvalue weighted by Crippen LogP contribution is 2.36. The van der Waals surface area contributed by atoms with Gasteiger partial charge in [-0.05, 0) is 79.1 Å². The molecule has 32 heavy (non-hydrogen) atoms. The molecular weight excluding hydrogens is 414 g/mol. The molecule has 0 unspecified atom stereocenters. The first-order valence-corrected chi connectivity index (χ1v) is 11.0. The van der Waals surface area contributed by atoms with Crippen molar-refractivity contribution in [2.24, 2.45) is 0 Å². The molecule has 1 aromatic carbocycles. The topological polar surface area (TPSA) is 68.3 Å². The summed E-state index contributed by atoms with van der Waals surface area (Å²) in [6.45, 7) is 16.0. The van der Waals surface area contributed by atoms with Gasteiger partial charge in [-0.1, -0.05) is 0 Å². The first kappa shape index (κ1) is 24.5. The van der Waals surface area contributed by atoms with Crippen molar-refractivity contribution in [3.8, 4) is 0 Å².